The Morgan fingerprint density at radius 2 is 2.00 bits per heavy atom. The van der Waals surface area contributed by atoms with Gasteiger partial charge >= 0.3 is 0 Å². The van der Waals surface area contributed by atoms with Crippen molar-refractivity contribution in [3.8, 4) is 0 Å². The molecule has 0 bridgehead atoms. The van der Waals surface area contributed by atoms with Gasteiger partial charge in [-0.15, -0.1) is 0 Å². The molecule has 5 nitrogen and oxygen atoms in total. The summed E-state index contributed by atoms with van der Waals surface area (Å²) >= 11 is 0. The minimum Gasteiger partial charge on any atom is -0.396 e. The van der Waals surface area contributed by atoms with Crippen molar-refractivity contribution in [2.45, 2.75) is 37.7 Å². The second-order valence-electron chi connectivity index (χ2n) is 5.60. The SMILES string of the molecule is CS(=O)(=O)N1CC(C(O)CCCCCO)c2ccccc21. The molecule has 1 aliphatic heterocycles. The quantitative estimate of drug-likeness (QED) is 0.747. The average Bonchev–Trinajstić information content (AvgIpc) is 2.83. The Bertz CT molecular complexity index is 573. The zero-order valence-corrected chi connectivity index (χ0v) is 13.1. The summed E-state index contributed by atoms with van der Waals surface area (Å²) in [5.74, 6) is -0.176. The lowest BCUT2D eigenvalue weighted by atomic mass is 9.92. The molecule has 0 saturated carbocycles. The highest BCUT2D eigenvalue weighted by atomic mass is 32.2. The Labute approximate surface area is 126 Å². The van der Waals surface area contributed by atoms with Crippen LogP contribution in [-0.2, 0) is 10.0 Å². The van der Waals surface area contributed by atoms with Crippen LogP contribution in [0.5, 0.6) is 0 Å². The van der Waals surface area contributed by atoms with Gasteiger partial charge in [0, 0.05) is 19.1 Å². The molecule has 1 heterocycles. The van der Waals surface area contributed by atoms with Crippen molar-refractivity contribution in [3.05, 3.63) is 29.8 Å². The first kappa shape index (κ1) is 16.3. The zero-order chi connectivity index (χ0) is 15.5. The second kappa shape index (κ2) is 6.77. The van der Waals surface area contributed by atoms with Gasteiger partial charge in [0.2, 0.25) is 10.0 Å². The van der Waals surface area contributed by atoms with Crippen molar-refractivity contribution in [2.75, 3.05) is 23.7 Å². The van der Waals surface area contributed by atoms with Crippen LogP contribution in [0.2, 0.25) is 0 Å². The highest BCUT2D eigenvalue weighted by molar-refractivity contribution is 7.92. The maximum absolute atomic E-state index is 11.9. The van der Waals surface area contributed by atoms with Crippen LogP contribution in [0.3, 0.4) is 0 Å². The molecule has 6 heteroatoms. The van der Waals surface area contributed by atoms with Crippen LogP contribution in [0.4, 0.5) is 5.69 Å². The normalized spacial score (nSPS) is 19.6. The van der Waals surface area contributed by atoms with Gasteiger partial charge < -0.3 is 10.2 Å². The summed E-state index contributed by atoms with van der Waals surface area (Å²) in [6.45, 7) is 0.476. The number of anilines is 1. The van der Waals surface area contributed by atoms with Crippen molar-refractivity contribution < 1.29 is 18.6 Å². The van der Waals surface area contributed by atoms with E-state index in [0.29, 0.717) is 18.7 Å². The van der Waals surface area contributed by atoms with Gasteiger partial charge in [-0.1, -0.05) is 31.0 Å². The summed E-state index contributed by atoms with van der Waals surface area (Å²) in [6.07, 6.45) is 3.70. The fourth-order valence-corrected chi connectivity index (χ4v) is 3.84. The standard InChI is InChI=1S/C15H23NO4S/c1-21(19,20)16-11-13(12-7-4-5-8-14(12)16)15(18)9-3-2-6-10-17/h4-5,7-8,13,15,17-18H,2-3,6,9-11H2,1H3. The number of sulfonamides is 1. The minimum absolute atomic E-state index is 0.171. The molecule has 0 saturated heterocycles. The van der Waals surface area contributed by atoms with E-state index in [2.05, 4.69) is 0 Å². The van der Waals surface area contributed by atoms with Crippen LogP contribution in [0.15, 0.2) is 24.3 Å². The Balaban J connectivity index is 2.12. The van der Waals surface area contributed by atoms with Gasteiger partial charge in [0.15, 0.2) is 0 Å². The number of fused-ring (bicyclic) bond motifs is 1. The largest absolute Gasteiger partial charge is 0.396 e. The number of rotatable bonds is 7. The van der Waals surface area contributed by atoms with Crippen molar-refractivity contribution in [3.63, 3.8) is 0 Å². The highest BCUT2D eigenvalue weighted by Gasteiger charge is 2.36. The molecular weight excluding hydrogens is 290 g/mol. The highest BCUT2D eigenvalue weighted by Crippen LogP contribution is 2.40. The third-order valence-electron chi connectivity index (χ3n) is 3.99. The van der Waals surface area contributed by atoms with Gasteiger partial charge in [-0.2, -0.15) is 0 Å². The molecule has 2 unspecified atom stereocenters. The van der Waals surface area contributed by atoms with Crippen molar-refractivity contribution in [2.24, 2.45) is 0 Å². The summed E-state index contributed by atoms with van der Waals surface area (Å²) in [5.41, 5.74) is 1.58. The van der Waals surface area contributed by atoms with Gasteiger partial charge in [-0.3, -0.25) is 4.31 Å². The Morgan fingerprint density at radius 1 is 1.29 bits per heavy atom. The number of nitrogens with zero attached hydrogens (tertiary/aromatic N) is 1. The number of para-hydroxylation sites is 1. The molecule has 0 aromatic heterocycles. The van der Waals surface area contributed by atoms with Gasteiger partial charge in [0.1, 0.15) is 0 Å². The van der Waals surface area contributed by atoms with E-state index in [0.717, 1.165) is 24.8 Å². The van der Waals surface area contributed by atoms with Crippen molar-refractivity contribution in [1.82, 2.24) is 0 Å². The number of benzene rings is 1. The summed E-state index contributed by atoms with van der Waals surface area (Å²) in [4.78, 5) is 0. The van der Waals surface area contributed by atoms with Gasteiger partial charge in [0.05, 0.1) is 18.0 Å². The van der Waals surface area contributed by atoms with E-state index >= 15 is 0 Å². The lowest BCUT2D eigenvalue weighted by molar-refractivity contribution is 0.134. The molecule has 0 fully saturated rings. The molecule has 0 spiro atoms. The third-order valence-corrected chi connectivity index (χ3v) is 5.14. The molecular formula is C15H23NO4S. The Hall–Kier alpha value is -1.11. The topological polar surface area (TPSA) is 77.8 Å². The predicted molar refractivity (Wildman–Crippen MR) is 82.9 cm³/mol. The summed E-state index contributed by atoms with van der Waals surface area (Å²) in [7, 11) is -3.32. The monoisotopic (exact) mass is 313 g/mol. The summed E-state index contributed by atoms with van der Waals surface area (Å²) in [5, 5.41) is 19.2. The maximum Gasteiger partial charge on any atom is 0.232 e. The third kappa shape index (κ3) is 3.75. The van der Waals surface area contributed by atoms with E-state index in [9.17, 15) is 13.5 Å². The van der Waals surface area contributed by atoms with E-state index in [-0.39, 0.29) is 12.5 Å². The number of hydrogen-bond acceptors (Lipinski definition) is 4. The van der Waals surface area contributed by atoms with Crippen molar-refractivity contribution in [1.29, 1.82) is 0 Å². The molecule has 0 aliphatic carbocycles. The van der Waals surface area contributed by atoms with Crippen LogP contribution in [0, 0.1) is 0 Å². The fraction of sp³-hybridized carbons (Fsp3) is 0.600. The Kier molecular flexibility index (Phi) is 5.24. The minimum atomic E-state index is -3.32. The zero-order valence-electron chi connectivity index (χ0n) is 12.3. The molecule has 2 N–H and O–H groups in total. The van der Waals surface area contributed by atoms with E-state index in [1.54, 1.807) is 6.07 Å². The number of unbranched alkanes of at least 4 members (excludes halogenated alkanes) is 2. The van der Waals surface area contributed by atoms with Crippen LogP contribution >= 0.6 is 0 Å². The smallest absolute Gasteiger partial charge is 0.232 e. The fourth-order valence-electron chi connectivity index (χ4n) is 2.89. The van der Waals surface area contributed by atoms with E-state index < -0.39 is 16.1 Å². The molecule has 0 radical (unpaired) electrons. The van der Waals surface area contributed by atoms with Crippen LogP contribution in [0.25, 0.3) is 0 Å². The molecule has 2 rings (SSSR count). The van der Waals surface area contributed by atoms with Crippen molar-refractivity contribution >= 4 is 15.7 Å². The Morgan fingerprint density at radius 3 is 2.67 bits per heavy atom. The van der Waals surface area contributed by atoms with Gasteiger partial charge in [0.25, 0.3) is 0 Å². The van der Waals surface area contributed by atoms with Crippen LogP contribution in [0.1, 0.15) is 37.2 Å². The second-order valence-corrected chi connectivity index (χ2v) is 7.51. The molecule has 21 heavy (non-hydrogen) atoms. The molecule has 1 aliphatic rings. The molecule has 118 valence electrons. The first-order valence-corrected chi connectivity index (χ1v) is 9.15. The summed E-state index contributed by atoms with van der Waals surface area (Å²) < 4.78 is 25.1. The van der Waals surface area contributed by atoms with E-state index in [4.69, 9.17) is 5.11 Å². The van der Waals surface area contributed by atoms with Crippen LogP contribution in [-0.4, -0.2) is 44.1 Å². The van der Waals surface area contributed by atoms with E-state index in [1.807, 2.05) is 18.2 Å². The number of aliphatic hydroxyl groups excluding tert-OH is 2. The predicted octanol–water partition coefficient (Wildman–Crippen LogP) is 1.46. The van der Waals surface area contributed by atoms with Gasteiger partial charge in [-0.05, 0) is 24.5 Å². The summed E-state index contributed by atoms with van der Waals surface area (Å²) in [6, 6.07) is 7.36. The average molecular weight is 313 g/mol. The maximum atomic E-state index is 11.9. The number of hydrogen-bond donors (Lipinski definition) is 2. The lowest BCUT2D eigenvalue weighted by Crippen LogP contribution is -2.31. The number of aliphatic hydroxyl groups is 2. The van der Waals surface area contributed by atoms with E-state index in [1.165, 1.54) is 10.6 Å². The first-order chi connectivity index (χ1) is 9.95. The van der Waals surface area contributed by atoms with Crippen LogP contribution < -0.4 is 4.31 Å². The molecule has 1 aromatic carbocycles. The molecule has 1 aromatic rings. The molecule has 2 atom stereocenters. The lowest BCUT2D eigenvalue weighted by Gasteiger charge is -2.20. The van der Waals surface area contributed by atoms with Gasteiger partial charge in [-0.25, -0.2) is 8.42 Å². The first-order valence-electron chi connectivity index (χ1n) is 7.30. The molecule has 0 amide bonds.